The third-order valence-electron chi connectivity index (χ3n) is 3.23. The maximum absolute atomic E-state index is 5.91. The monoisotopic (exact) mass is 430 g/mol. The molecule has 0 aliphatic carbocycles. The lowest BCUT2D eigenvalue weighted by Crippen LogP contribution is -2.22. The first-order valence-electron chi connectivity index (χ1n) is 6.90. The summed E-state index contributed by atoms with van der Waals surface area (Å²) in [6.45, 7) is 0.465. The lowest BCUT2D eigenvalue weighted by atomic mass is 10.3. The Hall–Kier alpha value is -1.97. The van der Waals surface area contributed by atoms with Crippen LogP contribution in [0.2, 0.25) is 0 Å². The molecule has 0 saturated carbocycles. The standard InChI is InChI=1S/C15H22N6O.HI/c1-20(2)15-18-10-12(21(15)3)9-17-14(16)19-11-5-7-13(22-4)8-6-11;/h5-8,10H,9H2,1-4H3,(H3,16,17,19);1H. The molecule has 0 fully saturated rings. The van der Waals surface area contributed by atoms with Gasteiger partial charge in [-0.3, -0.25) is 0 Å². The number of aromatic nitrogens is 2. The Morgan fingerprint density at radius 2 is 2.00 bits per heavy atom. The van der Waals surface area contributed by atoms with Crippen LogP contribution in [0.4, 0.5) is 11.6 Å². The van der Waals surface area contributed by atoms with E-state index >= 15 is 0 Å². The van der Waals surface area contributed by atoms with E-state index in [9.17, 15) is 0 Å². The molecule has 7 nitrogen and oxygen atoms in total. The fourth-order valence-electron chi connectivity index (χ4n) is 2.02. The van der Waals surface area contributed by atoms with Crippen molar-refractivity contribution >= 4 is 41.6 Å². The number of benzene rings is 1. The van der Waals surface area contributed by atoms with Gasteiger partial charge in [0.25, 0.3) is 0 Å². The number of hydrogen-bond acceptors (Lipinski definition) is 4. The molecule has 2 aromatic rings. The molecule has 0 radical (unpaired) electrons. The largest absolute Gasteiger partial charge is 0.497 e. The summed E-state index contributed by atoms with van der Waals surface area (Å²) in [5.74, 6) is 2.04. The topological polar surface area (TPSA) is 80.7 Å². The smallest absolute Gasteiger partial charge is 0.204 e. The molecule has 0 aliphatic rings. The van der Waals surface area contributed by atoms with E-state index in [0.717, 1.165) is 23.1 Å². The van der Waals surface area contributed by atoms with Gasteiger partial charge in [0.2, 0.25) is 5.95 Å². The van der Waals surface area contributed by atoms with Crippen LogP contribution in [0.15, 0.2) is 35.5 Å². The quantitative estimate of drug-likeness (QED) is 0.431. The van der Waals surface area contributed by atoms with E-state index in [1.165, 1.54) is 0 Å². The van der Waals surface area contributed by atoms with Crippen LogP contribution in [-0.4, -0.2) is 36.7 Å². The molecule has 2 rings (SSSR count). The zero-order valence-electron chi connectivity index (χ0n) is 13.8. The summed E-state index contributed by atoms with van der Waals surface area (Å²) in [7, 11) is 7.50. The molecule has 8 heteroatoms. The molecular weight excluding hydrogens is 407 g/mol. The van der Waals surface area contributed by atoms with E-state index in [4.69, 9.17) is 10.5 Å². The summed E-state index contributed by atoms with van der Waals surface area (Å²) < 4.78 is 7.10. The van der Waals surface area contributed by atoms with Crippen molar-refractivity contribution in [1.29, 1.82) is 0 Å². The van der Waals surface area contributed by atoms with Gasteiger partial charge in [0.15, 0.2) is 5.96 Å². The summed E-state index contributed by atoms with van der Waals surface area (Å²) in [5, 5.41) is 3.04. The molecule has 126 valence electrons. The highest BCUT2D eigenvalue weighted by Crippen LogP contribution is 2.15. The Labute approximate surface area is 153 Å². The van der Waals surface area contributed by atoms with Gasteiger partial charge in [-0.2, -0.15) is 0 Å². The van der Waals surface area contributed by atoms with Crippen molar-refractivity contribution in [1.82, 2.24) is 9.55 Å². The molecule has 23 heavy (non-hydrogen) atoms. The fraction of sp³-hybridized carbons (Fsp3) is 0.333. The summed E-state index contributed by atoms with van der Waals surface area (Å²) in [4.78, 5) is 10.6. The van der Waals surface area contributed by atoms with E-state index in [-0.39, 0.29) is 24.0 Å². The predicted octanol–water partition coefficient (Wildman–Crippen LogP) is 2.04. The second kappa shape index (κ2) is 8.61. The average Bonchev–Trinajstić information content (AvgIpc) is 2.87. The van der Waals surface area contributed by atoms with Crippen molar-refractivity contribution in [2.75, 3.05) is 31.4 Å². The number of halogens is 1. The number of nitrogens with one attached hydrogen (secondary N) is 1. The van der Waals surface area contributed by atoms with Crippen LogP contribution in [0, 0.1) is 0 Å². The fourth-order valence-corrected chi connectivity index (χ4v) is 2.02. The first kappa shape index (κ1) is 19.1. The Balaban J connectivity index is 0.00000264. The third-order valence-corrected chi connectivity index (χ3v) is 3.23. The Morgan fingerprint density at radius 1 is 1.35 bits per heavy atom. The molecule has 1 heterocycles. The van der Waals surface area contributed by atoms with Gasteiger partial charge >= 0.3 is 0 Å². The minimum Gasteiger partial charge on any atom is -0.497 e. The number of nitrogens with two attached hydrogens (primary N) is 1. The number of imidazole rings is 1. The van der Waals surface area contributed by atoms with Crippen molar-refractivity contribution in [2.24, 2.45) is 17.8 Å². The van der Waals surface area contributed by atoms with Gasteiger partial charge in [-0.1, -0.05) is 0 Å². The first-order valence-corrected chi connectivity index (χ1v) is 6.90. The van der Waals surface area contributed by atoms with Crippen LogP contribution in [0.25, 0.3) is 0 Å². The van der Waals surface area contributed by atoms with Crippen molar-refractivity contribution in [2.45, 2.75) is 6.54 Å². The molecule has 0 spiro atoms. The minimum absolute atomic E-state index is 0. The highest BCUT2D eigenvalue weighted by Gasteiger charge is 2.07. The van der Waals surface area contributed by atoms with Crippen LogP contribution >= 0.6 is 24.0 Å². The average molecular weight is 430 g/mol. The number of methoxy groups -OCH3 is 1. The molecule has 0 unspecified atom stereocenters. The van der Waals surface area contributed by atoms with Gasteiger partial charge in [-0.05, 0) is 24.3 Å². The number of aliphatic imine (C=N–C) groups is 1. The molecule has 1 aromatic heterocycles. The maximum atomic E-state index is 5.91. The van der Waals surface area contributed by atoms with Crippen molar-refractivity contribution in [3.63, 3.8) is 0 Å². The van der Waals surface area contributed by atoms with E-state index in [2.05, 4.69) is 15.3 Å². The van der Waals surface area contributed by atoms with Gasteiger partial charge in [0, 0.05) is 26.8 Å². The molecule has 0 saturated heterocycles. The Morgan fingerprint density at radius 3 is 2.52 bits per heavy atom. The van der Waals surface area contributed by atoms with Crippen LogP contribution in [0.1, 0.15) is 5.69 Å². The molecular formula is C15H23IN6O. The number of nitrogens with zero attached hydrogens (tertiary/aromatic N) is 4. The lowest BCUT2D eigenvalue weighted by molar-refractivity contribution is 0.415. The molecule has 3 N–H and O–H groups in total. The SMILES string of the molecule is COc1ccc(NC(N)=NCc2cnc(N(C)C)n2C)cc1.I. The highest BCUT2D eigenvalue weighted by atomic mass is 127. The van der Waals surface area contributed by atoms with E-state index < -0.39 is 0 Å². The summed E-state index contributed by atoms with van der Waals surface area (Å²) in [6, 6.07) is 7.49. The van der Waals surface area contributed by atoms with Gasteiger partial charge in [-0.15, -0.1) is 24.0 Å². The summed E-state index contributed by atoms with van der Waals surface area (Å²) >= 11 is 0. The second-order valence-corrected chi connectivity index (χ2v) is 5.06. The number of rotatable bonds is 5. The van der Waals surface area contributed by atoms with E-state index in [1.54, 1.807) is 13.3 Å². The highest BCUT2D eigenvalue weighted by molar-refractivity contribution is 14.0. The van der Waals surface area contributed by atoms with E-state index in [1.807, 2.05) is 54.9 Å². The zero-order chi connectivity index (χ0) is 16.1. The predicted molar refractivity (Wildman–Crippen MR) is 105 cm³/mol. The van der Waals surface area contributed by atoms with Gasteiger partial charge in [-0.25, -0.2) is 9.98 Å². The normalized spacial score (nSPS) is 10.9. The number of anilines is 2. The Kier molecular flexibility index (Phi) is 7.14. The molecule has 0 aliphatic heterocycles. The second-order valence-electron chi connectivity index (χ2n) is 5.06. The number of guanidine groups is 1. The Bertz CT molecular complexity index is 650. The van der Waals surface area contributed by atoms with Crippen molar-refractivity contribution in [3.05, 3.63) is 36.2 Å². The first-order chi connectivity index (χ1) is 10.5. The number of ether oxygens (including phenoxy) is 1. The molecule has 0 amide bonds. The van der Waals surface area contributed by atoms with Crippen molar-refractivity contribution < 1.29 is 4.74 Å². The van der Waals surface area contributed by atoms with Crippen LogP contribution in [0.3, 0.4) is 0 Å². The number of hydrogen-bond donors (Lipinski definition) is 2. The van der Waals surface area contributed by atoms with E-state index in [0.29, 0.717) is 12.5 Å². The molecule has 0 atom stereocenters. The maximum Gasteiger partial charge on any atom is 0.204 e. The van der Waals surface area contributed by atoms with Gasteiger partial charge in [0.05, 0.1) is 25.5 Å². The van der Waals surface area contributed by atoms with Gasteiger partial charge in [0.1, 0.15) is 5.75 Å². The van der Waals surface area contributed by atoms with Crippen LogP contribution in [-0.2, 0) is 13.6 Å². The summed E-state index contributed by atoms with van der Waals surface area (Å²) in [5.41, 5.74) is 7.76. The minimum atomic E-state index is 0. The van der Waals surface area contributed by atoms with Gasteiger partial charge < -0.3 is 25.3 Å². The van der Waals surface area contributed by atoms with Crippen LogP contribution < -0.4 is 20.7 Å². The lowest BCUT2D eigenvalue weighted by Gasteiger charge is -2.12. The van der Waals surface area contributed by atoms with Crippen LogP contribution in [0.5, 0.6) is 5.75 Å². The summed E-state index contributed by atoms with van der Waals surface area (Å²) in [6.07, 6.45) is 1.81. The molecule has 0 bridgehead atoms. The molecule has 1 aromatic carbocycles. The zero-order valence-corrected chi connectivity index (χ0v) is 16.1. The third kappa shape index (κ3) is 5.02. The van der Waals surface area contributed by atoms with Crippen molar-refractivity contribution in [3.8, 4) is 5.75 Å².